The molecule has 6 heteroatoms. The van der Waals surface area contributed by atoms with E-state index in [0.29, 0.717) is 0 Å². The van der Waals surface area contributed by atoms with Gasteiger partial charge in [-0.2, -0.15) is 0 Å². The van der Waals surface area contributed by atoms with Crippen LogP contribution in [0.5, 0.6) is 0 Å². The molecule has 0 aliphatic rings. The Morgan fingerprint density at radius 1 is 0.957 bits per heavy atom. The molecule has 0 heterocycles. The largest absolute Gasteiger partial charge is 0.350 e. The van der Waals surface area contributed by atoms with E-state index in [1.54, 1.807) is 6.92 Å². The Morgan fingerprint density at radius 2 is 1.48 bits per heavy atom. The Labute approximate surface area is 132 Å². The van der Waals surface area contributed by atoms with Gasteiger partial charge < -0.3 is 10.6 Å². The van der Waals surface area contributed by atoms with Crippen LogP contribution in [0.25, 0.3) is 0 Å². The zero-order chi connectivity index (χ0) is 16.8. The monoisotopic (exact) mass is 318 g/mol. The third kappa shape index (κ3) is 4.88. The second kappa shape index (κ2) is 7.49. The standard InChI is InChI=1S/C17H16F2N2O2/c1-11(21-17(23)13-5-3-7-15(19)9-13)10-20-16(22)12-4-2-6-14(18)8-12/h2-9,11H,10H2,1H3,(H,20,22)(H,21,23). The van der Waals surface area contributed by atoms with Crippen molar-refractivity contribution in [2.45, 2.75) is 13.0 Å². The minimum Gasteiger partial charge on any atom is -0.350 e. The van der Waals surface area contributed by atoms with Gasteiger partial charge >= 0.3 is 0 Å². The molecule has 0 aliphatic heterocycles. The van der Waals surface area contributed by atoms with Crippen LogP contribution in [0.3, 0.4) is 0 Å². The minimum atomic E-state index is -0.496. The van der Waals surface area contributed by atoms with Gasteiger partial charge in [-0.3, -0.25) is 9.59 Å². The van der Waals surface area contributed by atoms with Gasteiger partial charge in [-0.05, 0) is 43.3 Å². The topological polar surface area (TPSA) is 58.2 Å². The van der Waals surface area contributed by atoms with Crippen molar-refractivity contribution >= 4 is 11.8 Å². The zero-order valence-electron chi connectivity index (χ0n) is 12.5. The summed E-state index contributed by atoms with van der Waals surface area (Å²) >= 11 is 0. The van der Waals surface area contributed by atoms with Crippen molar-refractivity contribution in [3.8, 4) is 0 Å². The molecule has 0 saturated heterocycles. The van der Waals surface area contributed by atoms with E-state index in [0.717, 1.165) is 12.1 Å². The van der Waals surface area contributed by atoms with Crippen LogP contribution in [-0.2, 0) is 0 Å². The molecule has 0 bridgehead atoms. The van der Waals surface area contributed by atoms with E-state index >= 15 is 0 Å². The third-order valence-corrected chi connectivity index (χ3v) is 3.12. The second-order valence-electron chi connectivity index (χ2n) is 5.11. The van der Waals surface area contributed by atoms with Crippen LogP contribution in [-0.4, -0.2) is 24.4 Å². The summed E-state index contributed by atoms with van der Waals surface area (Å²) in [7, 11) is 0. The Morgan fingerprint density at radius 3 is 2.00 bits per heavy atom. The number of nitrogens with one attached hydrogen (secondary N) is 2. The summed E-state index contributed by atoms with van der Waals surface area (Å²) in [6.07, 6.45) is 0. The van der Waals surface area contributed by atoms with Gasteiger partial charge in [-0.15, -0.1) is 0 Å². The van der Waals surface area contributed by atoms with Gasteiger partial charge in [0.15, 0.2) is 0 Å². The van der Waals surface area contributed by atoms with E-state index in [1.807, 2.05) is 0 Å². The van der Waals surface area contributed by atoms with Crippen LogP contribution in [0, 0.1) is 11.6 Å². The highest BCUT2D eigenvalue weighted by Crippen LogP contribution is 2.04. The SMILES string of the molecule is CC(CNC(=O)c1cccc(F)c1)NC(=O)c1cccc(F)c1. The number of rotatable bonds is 5. The molecule has 0 aliphatic carbocycles. The lowest BCUT2D eigenvalue weighted by atomic mass is 10.2. The number of amides is 2. The number of benzene rings is 2. The zero-order valence-corrected chi connectivity index (χ0v) is 12.5. The fourth-order valence-corrected chi connectivity index (χ4v) is 1.97. The van der Waals surface area contributed by atoms with Crippen molar-refractivity contribution < 1.29 is 18.4 Å². The lowest BCUT2D eigenvalue weighted by Gasteiger charge is -2.15. The fraction of sp³-hybridized carbons (Fsp3) is 0.176. The van der Waals surface area contributed by atoms with E-state index < -0.39 is 23.4 Å². The Hall–Kier alpha value is -2.76. The summed E-state index contributed by atoms with van der Waals surface area (Å²) in [5.41, 5.74) is 0.405. The predicted octanol–water partition coefficient (Wildman–Crippen LogP) is 2.51. The average molecular weight is 318 g/mol. The van der Waals surface area contributed by atoms with Crippen LogP contribution >= 0.6 is 0 Å². The van der Waals surface area contributed by atoms with Crippen LogP contribution in [0.4, 0.5) is 8.78 Å². The van der Waals surface area contributed by atoms with E-state index in [-0.39, 0.29) is 23.7 Å². The first-order chi connectivity index (χ1) is 11.0. The van der Waals surface area contributed by atoms with Crippen LogP contribution < -0.4 is 10.6 Å². The number of carbonyl (C=O) groups is 2. The van der Waals surface area contributed by atoms with Gasteiger partial charge in [0.25, 0.3) is 11.8 Å². The highest BCUT2D eigenvalue weighted by atomic mass is 19.1. The molecule has 0 saturated carbocycles. The first-order valence-corrected chi connectivity index (χ1v) is 7.06. The molecule has 1 unspecified atom stereocenters. The van der Waals surface area contributed by atoms with Gasteiger partial charge in [0, 0.05) is 23.7 Å². The van der Waals surface area contributed by atoms with Crippen molar-refractivity contribution in [2.24, 2.45) is 0 Å². The maximum atomic E-state index is 13.1. The first kappa shape index (κ1) is 16.6. The van der Waals surface area contributed by atoms with Gasteiger partial charge in [0.2, 0.25) is 0 Å². The normalized spacial score (nSPS) is 11.6. The quantitative estimate of drug-likeness (QED) is 0.890. The molecule has 2 aromatic rings. The molecule has 23 heavy (non-hydrogen) atoms. The first-order valence-electron chi connectivity index (χ1n) is 7.06. The third-order valence-electron chi connectivity index (χ3n) is 3.12. The van der Waals surface area contributed by atoms with Crippen molar-refractivity contribution in [2.75, 3.05) is 6.54 Å². The molecular weight excluding hydrogens is 302 g/mol. The predicted molar refractivity (Wildman–Crippen MR) is 82.1 cm³/mol. The van der Waals surface area contributed by atoms with Gasteiger partial charge in [0.05, 0.1) is 0 Å². The molecule has 2 aromatic carbocycles. The molecule has 120 valence electrons. The summed E-state index contributed by atoms with van der Waals surface area (Å²) < 4.78 is 26.1. The smallest absolute Gasteiger partial charge is 0.251 e. The van der Waals surface area contributed by atoms with Crippen molar-refractivity contribution in [1.29, 1.82) is 0 Å². The maximum absolute atomic E-state index is 13.1. The molecule has 0 aromatic heterocycles. The lowest BCUT2D eigenvalue weighted by Crippen LogP contribution is -2.41. The summed E-state index contributed by atoms with van der Waals surface area (Å²) in [4.78, 5) is 23.8. The van der Waals surface area contributed by atoms with Gasteiger partial charge in [-0.1, -0.05) is 12.1 Å². The molecule has 2 amide bonds. The highest BCUT2D eigenvalue weighted by Gasteiger charge is 2.12. The van der Waals surface area contributed by atoms with E-state index in [9.17, 15) is 18.4 Å². The molecule has 0 fully saturated rings. The maximum Gasteiger partial charge on any atom is 0.251 e. The molecule has 0 spiro atoms. The summed E-state index contributed by atoms with van der Waals surface area (Å²) in [5.74, 6) is -1.86. The molecule has 1 atom stereocenters. The van der Waals surface area contributed by atoms with E-state index in [1.165, 1.54) is 36.4 Å². The van der Waals surface area contributed by atoms with Gasteiger partial charge in [0.1, 0.15) is 11.6 Å². The van der Waals surface area contributed by atoms with Crippen molar-refractivity contribution in [3.63, 3.8) is 0 Å². The molecule has 2 rings (SSSR count). The number of hydrogen-bond donors (Lipinski definition) is 2. The average Bonchev–Trinajstić information content (AvgIpc) is 2.52. The van der Waals surface area contributed by atoms with Crippen molar-refractivity contribution in [1.82, 2.24) is 10.6 Å². The Balaban J connectivity index is 1.86. The number of halogens is 2. The number of hydrogen-bond acceptors (Lipinski definition) is 2. The Kier molecular flexibility index (Phi) is 5.41. The van der Waals surface area contributed by atoms with E-state index in [4.69, 9.17) is 0 Å². The van der Waals surface area contributed by atoms with Crippen LogP contribution in [0.1, 0.15) is 27.6 Å². The summed E-state index contributed by atoms with van der Waals surface area (Å²) in [6.45, 7) is 1.86. The minimum absolute atomic E-state index is 0.163. The fourth-order valence-electron chi connectivity index (χ4n) is 1.97. The van der Waals surface area contributed by atoms with E-state index in [2.05, 4.69) is 10.6 Å². The Bertz CT molecular complexity index is 719. The van der Waals surface area contributed by atoms with Gasteiger partial charge in [-0.25, -0.2) is 8.78 Å². The van der Waals surface area contributed by atoms with Crippen LogP contribution in [0.15, 0.2) is 48.5 Å². The lowest BCUT2D eigenvalue weighted by molar-refractivity contribution is 0.0912. The van der Waals surface area contributed by atoms with Crippen molar-refractivity contribution in [3.05, 3.63) is 71.3 Å². The molecule has 4 nitrogen and oxygen atoms in total. The highest BCUT2D eigenvalue weighted by molar-refractivity contribution is 5.95. The molecule has 0 radical (unpaired) electrons. The molecule has 2 N–H and O–H groups in total. The number of carbonyl (C=O) groups excluding carboxylic acids is 2. The van der Waals surface area contributed by atoms with Crippen LogP contribution in [0.2, 0.25) is 0 Å². The second-order valence-corrected chi connectivity index (χ2v) is 5.11. The molecular formula is C17H16F2N2O2. The summed E-state index contributed by atoms with van der Waals surface area (Å²) in [6, 6.07) is 10.3. The summed E-state index contributed by atoms with van der Waals surface area (Å²) in [5, 5.41) is 5.25.